The number of hydrogen-bond acceptors (Lipinski definition) is 5. The summed E-state index contributed by atoms with van der Waals surface area (Å²) >= 11 is 0. The topological polar surface area (TPSA) is 89.7 Å². The molecule has 0 aliphatic heterocycles. The van der Waals surface area contributed by atoms with E-state index in [1.807, 2.05) is 0 Å². The predicted molar refractivity (Wildman–Crippen MR) is 74.4 cm³/mol. The van der Waals surface area contributed by atoms with Crippen LogP contribution in [0.5, 0.6) is 0 Å². The lowest BCUT2D eigenvalue weighted by molar-refractivity contribution is -0.143. The van der Waals surface area contributed by atoms with E-state index in [-0.39, 0.29) is 29.8 Å². The first-order chi connectivity index (χ1) is 9.86. The lowest BCUT2D eigenvalue weighted by Gasteiger charge is -2.21. The van der Waals surface area contributed by atoms with Crippen molar-refractivity contribution in [2.45, 2.75) is 30.7 Å². The molecule has 6 nitrogen and oxygen atoms in total. The number of sulfonamides is 1. The van der Waals surface area contributed by atoms with Gasteiger partial charge in [0.1, 0.15) is 12.4 Å². The van der Waals surface area contributed by atoms with Crippen molar-refractivity contribution in [2.24, 2.45) is 0 Å². The van der Waals surface area contributed by atoms with Crippen molar-refractivity contribution in [3.63, 3.8) is 0 Å². The van der Waals surface area contributed by atoms with Crippen LogP contribution in [-0.4, -0.2) is 37.9 Å². The van der Waals surface area contributed by atoms with Gasteiger partial charge in [-0.2, -0.15) is 4.31 Å². The van der Waals surface area contributed by atoms with E-state index in [1.54, 1.807) is 6.92 Å². The maximum absolute atomic E-state index is 13.5. The summed E-state index contributed by atoms with van der Waals surface area (Å²) in [5, 5.41) is 0. The summed E-state index contributed by atoms with van der Waals surface area (Å²) in [5.74, 6) is -1.42. The smallest absolute Gasteiger partial charge is 0.321 e. The van der Waals surface area contributed by atoms with Gasteiger partial charge in [0.25, 0.3) is 0 Å². The Kier molecular flexibility index (Phi) is 4.48. The van der Waals surface area contributed by atoms with Crippen LogP contribution in [0.4, 0.5) is 10.1 Å². The van der Waals surface area contributed by atoms with Crippen LogP contribution in [0, 0.1) is 5.82 Å². The van der Waals surface area contributed by atoms with Gasteiger partial charge in [-0.1, -0.05) is 0 Å². The third-order valence-corrected chi connectivity index (χ3v) is 5.02. The Morgan fingerprint density at radius 1 is 1.48 bits per heavy atom. The summed E-state index contributed by atoms with van der Waals surface area (Å²) < 4.78 is 44.4. The van der Waals surface area contributed by atoms with Crippen molar-refractivity contribution < 1.29 is 22.3 Å². The fourth-order valence-corrected chi connectivity index (χ4v) is 3.55. The van der Waals surface area contributed by atoms with Gasteiger partial charge in [-0.3, -0.25) is 4.79 Å². The number of nitrogen functional groups attached to an aromatic ring is 1. The molecule has 0 unspecified atom stereocenters. The first kappa shape index (κ1) is 15.7. The Hall–Kier alpha value is -1.67. The van der Waals surface area contributed by atoms with Crippen LogP contribution >= 0.6 is 0 Å². The first-order valence-corrected chi connectivity index (χ1v) is 8.02. The van der Waals surface area contributed by atoms with E-state index in [1.165, 1.54) is 12.1 Å². The average molecular weight is 316 g/mol. The molecule has 8 heteroatoms. The van der Waals surface area contributed by atoms with Gasteiger partial charge >= 0.3 is 5.97 Å². The molecule has 2 N–H and O–H groups in total. The molecule has 0 atom stereocenters. The molecule has 0 aromatic heterocycles. The van der Waals surface area contributed by atoms with Gasteiger partial charge in [-0.05, 0) is 38.0 Å². The van der Waals surface area contributed by atoms with Gasteiger partial charge in [-0.25, -0.2) is 12.8 Å². The minimum Gasteiger partial charge on any atom is -0.465 e. The molecule has 0 bridgehead atoms. The van der Waals surface area contributed by atoms with Gasteiger partial charge in [0, 0.05) is 6.04 Å². The average Bonchev–Trinajstić information content (AvgIpc) is 3.23. The number of hydrogen-bond donors (Lipinski definition) is 1. The molecule has 0 saturated heterocycles. The van der Waals surface area contributed by atoms with E-state index in [2.05, 4.69) is 0 Å². The highest BCUT2D eigenvalue weighted by Crippen LogP contribution is 2.32. The lowest BCUT2D eigenvalue weighted by atomic mass is 10.3. The molecule has 2 rings (SSSR count). The maximum atomic E-state index is 13.5. The summed E-state index contributed by atoms with van der Waals surface area (Å²) in [6.45, 7) is 1.45. The van der Waals surface area contributed by atoms with Crippen LogP contribution in [0.1, 0.15) is 19.8 Å². The zero-order valence-corrected chi connectivity index (χ0v) is 12.4. The zero-order valence-electron chi connectivity index (χ0n) is 11.6. The molecule has 0 spiro atoms. The van der Waals surface area contributed by atoms with Crippen molar-refractivity contribution in [3.05, 3.63) is 24.0 Å². The van der Waals surface area contributed by atoms with E-state index in [9.17, 15) is 17.6 Å². The van der Waals surface area contributed by atoms with E-state index in [4.69, 9.17) is 10.5 Å². The fourth-order valence-electron chi connectivity index (χ4n) is 1.91. The normalized spacial score (nSPS) is 15.2. The molecule has 0 radical (unpaired) electrons. The highest BCUT2D eigenvalue weighted by molar-refractivity contribution is 7.89. The predicted octanol–water partition coefficient (Wildman–Crippen LogP) is 1.12. The van der Waals surface area contributed by atoms with Gasteiger partial charge in [0.05, 0.1) is 17.2 Å². The highest BCUT2D eigenvalue weighted by Gasteiger charge is 2.39. The minimum atomic E-state index is -3.95. The summed E-state index contributed by atoms with van der Waals surface area (Å²) in [7, 11) is -3.95. The molecule has 1 aromatic rings. The molecule has 1 aliphatic carbocycles. The molecule has 116 valence electrons. The summed E-state index contributed by atoms with van der Waals surface area (Å²) in [5.41, 5.74) is 5.22. The second-order valence-corrected chi connectivity index (χ2v) is 6.66. The van der Waals surface area contributed by atoms with Gasteiger partial charge in [0.15, 0.2) is 0 Å². The van der Waals surface area contributed by atoms with Gasteiger partial charge < -0.3 is 10.5 Å². The molecule has 1 saturated carbocycles. The third kappa shape index (κ3) is 3.51. The van der Waals surface area contributed by atoms with Crippen molar-refractivity contribution in [2.75, 3.05) is 18.9 Å². The van der Waals surface area contributed by atoms with Crippen LogP contribution in [0.3, 0.4) is 0 Å². The van der Waals surface area contributed by atoms with Crippen LogP contribution < -0.4 is 5.73 Å². The van der Waals surface area contributed by atoms with Gasteiger partial charge in [0.2, 0.25) is 10.0 Å². The van der Waals surface area contributed by atoms with E-state index in [0.29, 0.717) is 12.8 Å². The molecule has 0 amide bonds. The standard InChI is InChI=1S/C13H17FN2O4S/c1-2-20-13(17)8-16(9-3-4-9)21(18,19)10-5-6-12(15)11(14)7-10/h5-7,9H,2-4,8,15H2,1H3. The number of benzene rings is 1. The van der Waals surface area contributed by atoms with E-state index >= 15 is 0 Å². The molecular formula is C13H17FN2O4S. The minimum absolute atomic E-state index is 0.127. The lowest BCUT2D eigenvalue weighted by Crippen LogP contribution is -2.38. The van der Waals surface area contributed by atoms with Gasteiger partial charge in [-0.15, -0.1) is 0 Å². The maximum Gasteiger partial charge on any atom is 0.321 e. The Morgan fingerprint density at radius 3 is 2.67 bits per heavy atom. The van der Waals surface area contributed by atoms with E-state index in [0.717, 1.165) is 10.4 Å². The van der Waals surface area contributed by atoms with Crippen molar-refractivity contribution in [1.82, 2.24) is 4.31 Å². The van der Waals surface area contributed by atoms with Crippen molar-refractivity contribution >= 4 is 21.7 Å². The fraction of sp³-hybridized carbons (Fsp3) is 0.462. The SMILES string of the molecule is CCOC(=O)CN(C1CC1)S(=O)(=O)c1ccc(N)c(F)c1. The number of ether oxygens (including phenoxy) is 1. The van der Waals surface area contributed by atoms with Crippen LogP contribution in [0.25, 0.3) is 0 Å². The molecule has 0 heterocycles. The largest absolute Gasteiger partial charge is 0.465 e. The number of esters is 1. The van der Waals surface area contributed by atoms with Crippen LogP contribution in [0.15, 0.2) is 23.1 Å². The summed E-state index contributed by atoms with van der Waals surface area (Å²) in [6, 6.07) is 3.05. The van der Waals surface area contributed by atoms with E-state index < -0.39 is 21.8 Å². The number of carbonyl (C=O) groups is 1. The highest BCUT2D eigenvalue weighted by atomic mass is 32.2. The molecule has 1 aromatic carbocycles. The Morgan fingerprint density at radius 2 is 2.14 bits per heavy atom. The van der Waals surface area contributed by atoms with Crippen molar-refractivity contribution in [3.8, 4) is 0 Å². The Balaban J connectivity index is 2.29. The molecule has 1 aliphatic rings. The quantitative estimate of drug-likeness (QED) is 0.627. The first-order valence-electron chi connectivity index (χ1n) is 6.58. The Bertz CT molecular complexity index is 644. The Labute approximate surface area is 122 Å². The molecular weight excluding hydrogens is 299 g/mol. The van der Waals surface area contributed by atoms with Crippen molar-refractivity contribution in [1.29, 1.82) is 0 Å². The summed E-state index contributed by atoms with van der Waals surface area (Å²) in [6.07, 6.45) is 1.35. The molecule has 1 fully saturated rings. The molecule has 21 heavy (non-hydrogen) atoms. The number of carbonyl (C=O) groups excluding carboxylic acids is 1. The zero-order chi connectivity index (χ0) is 15.6. The monoisotopic (exact) mass is 316 g/mol. The number of anilines is 1. The van der Waals surface area contributed by atoms with Crippen LogP contribution in [0.2, 0.25) is 0 Å². The number of nitrogens with zero attached hydrogens (tertiary/aromatic N) is 1. The summed E-state index contributed by atoms with van der Waals surface area (Å²) in [4.78, 5) is 11.3. The third-order valence-electron chi connectivity index (χ3n) is 3.12. The van der Waals surface area contributed by atoms with Crippen LogP contribution in [-0.2, 0) is 19.6 Å². The second kappa shape index (κ2) is 5.98. The second-order valence-electron chi connectivity index (χ2n) is 4.77. The number of rotatable bonds is 6. The number of halogens is 1. The number of nitrogens with two attached hydrogens (primary N) is 1.